The molecular formula is C8H19NO2. The third-order valence-electron chi connectivity index (χ3n) is 0.725. The van der Waals surface area contributed by atoms with Gasteiger partial charge < -0.3 is 10.1 Å². The molecule has 0 radical (unpaired) electrons. The van der Waals surface area contributed by atoms with Gasteiger partial charge in [0.25, 0.3) is 0 Å². The summed E-state index contributed by atoms with van der Waals surface area (Å²) in [5, 5.41) is 2.68. The van der Waals surface area contributed by atoms with Crippen molar-refractivity contribution in [2.24, 2.45) is 0 Å². The van der Waals surface area contributed by atoms with E-state index in [2.05, 4.69) is 10.1 Å². The number of nitrogens with one attached hydrogen (secondary N) is 1. The van der Waals surface area contributed by atoms with Crippen molar-refractivity contribution in [1.29, 1.82) is 0 Å². The van der Waals surface area contributed by atoms with Crippen LogP contribution in [0, 0.1) is 0 Å². The predicted octanol–water partition coefficient (Wildman–Crippen LogP) is 1.18. The van der Waals surface area contributed by atoms with Crippen molar-refractivity contribution in [2.75, 3.05) is 13.7 Å². The van der Waals surface area contributed by atoms with Crippen molar-refractivity contribution in [3.05, 3.63) is 0 Å². The lowest BCUT2D eigenvalue weighted by Gasteiger charge is -2.05. The molecule has 0 fully saturated rings. The topological polar surface area (TPSA) is 38.3 Å². The fourth-order valence-electron chi connectivity index (χ4n) is 0.495. The minimum absolute atomic E-state index is 0.0625. The second-order valence-electron chi connectivity index (χ2n) is 2.16. The highest BCUT2D eigenvalue weighted by atomic mass is 16.5. The molecule has 0 spiro atoms. The Bertz CT molecular complexity index is 92.1. The van der Waals surface area contributed by atoms with Crippen molar-refractivity contribution in [1.82, 2.24) is 5.32 Å². The van der Waals surface area contributed by atoms with Gasteiger partial charge in [-0.25, -0.2) is 0 Å². The SMILES string of the molecule is CC.COCC(=O)NC(C)C. The molecule has 1 N–H and O–H groups in total. The second kappa shape index (κ2) is 9.43. The highest BCUT2D eigenvalue weighted by Gasteiger charge is 1.99. The molecule has 0 aliphatic heterocycles. The third kappa shape index (κ3) is 12.6. The van der Waals surface area contributed by atoms with Crippen LogP contribution in [0.15, 0.2) is 0 Å². The van der Waals surface area contributed by atoms with E-state index in [0.717, 1.165) is 0 Å². The number of ether oxygens (including phenoxy) is 1. The van der Waals surface area contributed by atoms with Gasteiger partial charge in [-0.1, -0.05) is 13.8 Å². The van der Waals surface area contributed by atoms with E-state index < -0.39 is 0 Å². The Hall–Kier alpha value is -0.570. The zero-order valence-corrected chi connectivity index (χ0v) is 8.10. The van der Waals surface area contributed by atoms with Gasteiger partial charge in [-0.05, 0) is 13.8 Å². The fourth-order valence-corrected chi connectivity index (χ4v) is 0.495. The van der Waals surface area contributed by atoms with Crippen LogP contribution in [-0.4, -0.2) is 25.7 Å². The lowest BCUT2D eigenvalue weighted by molar-refractivity contribution is -0.125. The maximum absolute atomic E-state index is 10.6. The van der Waals surface area contributed by atoms with E-state index in [0.29, 0.717) is 0 Å². The predicted molar refractivity (Wildman–Crippen MR) is 46.5 cm³/mol. The summed E-state index contributed by atoms with van der Waals surface area (Å²) in [5.41, 5.74) is 0. The van der Waals surface area contributed by atoms with Crippen molar-refractivity contribution in [3.63, 3.8) is 0 Å². The molecule has 0 saturated carbocycles. The van der Waals surface area contributed by atoms with Gasteiger partial charge in [0.15, 0.2) is 0 Å². The van der Waals surface area contributed by atoms with Gasteiger partial charge in [-0.2, -0.15) is 0 Å². The molecule has 3 nitrogen and oxygen atoms in total. The third-order valence-corrected chi connectivity index (χ3v) is 0.725. The molecule has 11 heavy (non-hydrogen) atoms. The number of hydrogen-bond donors (Lipinski definition) is 1. The van der Waals surface area contributed by atoms with E-state index in [1.807, 2.05) is 27.7 Å². The number of methoxy groups -OCH3 is 1. The summed E-state index contributed by atoms with van der Waals surface area (Å²) in [6, 6.07) is 0.202. The lowest BCUT2D eigenvalue weighted by atomic mass is 10.4. The van der Waals surface area contributed by atoms with Gasteiger partial charge in [0.1, 0.15) is 6.61 Å². The van der Waals surface area contributed by atoms with Crippen LogP contribution in [0.2, 0.25) is 0 Å². The molecule has 0 bridgehead atoms. The van der Waals surface area contributed by atoms with Crippen molar-refractivity contribution < 1.29 is 9.53 Å². The molecule has 1 amide bonds. The Kier molecular flexibility index (Phi) is 11.2. The molecule has 3 heteroatoms. The van der Waals surface area contributed by atoms with Crippen LogP contribution in [-0.2, 0) is 9.53 Å². The maximum atomic E-state index is 10.6. The average Bonchev–Trinajstić information content (AvgIpc) is 1.91. The van der Waals surface area contributed by atoms with Crippen molar-refractivity contribution in [2.45, 2.75) is 33.7 Å². The zero-order chi connectivity index (χ0) is 9.28. The van der Waals surface area contributed by atoms with E-state index in [4.69, 9.17) is 0 Å². The van der Waals surface area contributed by atoms with Crippen LogP contribution < -0.4 is 5.32 Å². The Morgan fingerprint density at radius 1 is 1.45 bits per heavy atom. The summed E-state index contributed by atoms with van der Waals surface area (Å²) in [5.74, 6) is -0.0625. The Morgan fingerprint density at radius 3 is 2.18 bits per heavy atom. The van der Waals surface area contributed by atoms with Gasteiger partial charge in [0.05, 0.1) is 0 Å². The van der Waals surface area contributed by atoms with Crippen LogP contribution in [0.3, 0.4) is 0 Å². The standard InChI is InChI=1S/C6H13NO2.C2H6/c1-5(2)7-6(8)4-9-3;1-2/h5H,4H2,1-3H3,(H,7,8);1-2H3. The smallest absolute Gasteiger partial charge is 0.246 e. The Labute approximate surface area is 69.1 Å². The van der Waals surface area contributed by atoms with Gasteiger partial charge in [0.2, 0.25) is 5.91 Å². The summed E-state index contributed by atoms with van der Waals surface area (Å²) < 4.78 is 4.59. The van der Waals surface area contributed by atoms with Gasteiger partial charge in [-0.15, -0.1) is 0 Å². The number of carbonyl (C=O) groups excluding carboxylic acids is 1. The molecule has 0 aliphatic rings. The molecule has 0 heterocycles. The Balaban J connectivity index is 0. The summed E-state index contributed by atoms with van der Waals surface area (Å²) in [4.78, 5) is 10.6. The molecule has 0 saturated heterocycles. The molecule has 0 aromatic carbocycles. The quantitative estimate of drug-likeness (QED) is 0.675. The van der Waals surface area contributed by atoms with Crippen LogP contribution in [0.1, 0.15) is 27.7 Å². The molecule has 0 unspecified atom stereocenters. The van der Waals surface area contributed by atoms with Gasteiger partial charge >= 0.3 is 0 Å². The van der Waals surface area contributed by atoms with E-state index >= 15 is 0 Å². The summed E-state index contributed by atoms with van der Waals surface area (Å²) in [7, 11) is 1.50. The van der Waals surface area contributed by atoms with E-state index in [-0.39, 0.29) is 18.6 Å². The molecular weight excluding hydrogens is 142 g/mol. The van der Waals surface area contributed by atoms with Gasteiger partial charge in [-0.3, -0.25) is 4.79 Å². The lowest BCUT2D eigenvalue weighted by Crippen LogP contribution is -2.32. The maximum Gasteiger partial charge on any atom is 0.246 e. The van der Waals surface area contributed by atoms with E-state index in [9.17, 15) is 4.79 Å². The second-order valence-corrected chi connectivity index (χ2v) is 2.16. The minimum Gasteiger partial charge on any atom is -0.375 e. The normalized spacial score (nSPS) is 8.55. The summed E-state index contributed by atoms with van der Waals surface area (Å²) in [6.07, 6.45) is 0. The molecule has 0 aromatic rings. The average molecular weight is 161 g/mol. The molecule has 0 atom stereocenters. The largest absolute Gasteiger partial charge is 0.375 e. The van der Waals surface area contributed by atoms with E-state index in [1.165, 1.54) is 7.11 Å². The molecule has 68 valence electrons. The molecule has 0 aliphatic carbocycles. The molecule has 0 aromatic heterocycles. The first-order chi connectivity index (χ1) is 5.16. The fraction of sp³-hybridized carbons (Fsp3) is 0.875. The highest BCUT2D eigenvalue weighted by molar-refractivity contribution is 5.77. The van der Waals surface area contributed by atoms with Crippen molar-refractivity contribution in [3.8, 4) is 0 Å². The summed E-state index contributed by atoms with van der Waals surface area (Å²) >= 11 is 0. The summed E-state index contributed by atoms with van der Waals surface area (Å²) in [6.45, 7) is 7.97. The minimum atomic E-state index is -0.0625. The zero-order valence-electron chi connectivity index (χ0n) is 8.10. The molecule has 0 rings (SSSR count). The Morgan fingerprint density at radius 2 is 1.91 bits per heavy atom. The van der Waals surface area contributed by atoms with E-state index in [1.54, 1.807) is 0 Å². The number of amides is 1. The first kappa shape index (κ1) is 13.1. The first-order valence-electron chi connectivity index (χ1n) is 3.95. The van der Waals surface area contributed by atoms with Crippen molar-refractivity contribution >= 4 is 5.91 Å². The van der Waals surface area contributed by atoms with Crippen LogP contribution in [0.4, 0.5) is 0 Å². The number of hydrogen-bond acceptors (Lipinski definition) is 2. The van der Waals surface area contributed by atoms with Crippen LogP contribution >= 0.6 is 0 Å². The number of rotatable bonds is 3. The highest BCUT2D eigenvalue weighted by Crippen LogP contribution is 1.76. The number of carbonyl (C=O) groups is 1. The van der Waals surface area contributed by atoms with Crippen LogP contribution in [0.25, 0.3) is 0 Å². The van der Waals surface area contributed by atoms with Gasteiger partial charge in [0, 0.05) is 13.2 Å². The monoisotopic (exact) mass is 161 g/mol. The first-order valence-corrected chi connectivity index (χ1v) is 3.95. The van der Waals surface area contributed by atoms with Crippen LogP contribution in [0.5, 0.6) is 0 Å².